The Morgan fingerprint density at radius 1 is 1.44 bits per heavy atom. The molecule has 1 aliphatic carbocycles. The number of benzene rings is 1. The van der Waals surface area contributed by atoms with E-state index >= 15 is 0 Å². The van der Waals surface area contributed by atoms with E-state index in [1.165, 1.54) is 10.9 Å². The van der Waals surface area contributed by atoms with Gasteiger partial charge in [0.1, 0.15) is 0 Å². The van der Waals surface area contributed by atoms with Crippen LogP contribution in [0.25, 0.3) is 10.9 Å². The summed E-state index contributed by atoms with van der Waals surface area (Å²) >= 11 is 0. The van der Waals surface area contributed by atoms with Gasteiger partial charge in [-0.05, 0) is 41.5 Å². The monoisotopic (exact) mass is 215 g/mol. The number of carbonyl (C=O) groups is 1. The van der Waals surface area contributed by atoms with Crippen molar-refractivity contribution in [3.63, 3.8) is 0 Å². The van der Waals surface area contributed by atoms with E-state index in [1.54, 1.807) is 0 Å². The van der Waals surface area contributed by atoms with Gasteiger partial charge in [0.2, 0.25) is 0 Å². The number of fused-ring (bicyclic) bond motifs is 1. The summed E-state index contributed by atoms with van der Waals surface area (Å²) in [6.45, 7) is 0. The lowest BCUT2D eigenvalue weighted by atomic mass is 10.1. The molecule has 1 fully saturated rings. The molecule has 0 unspecified atom stereocenters. The predicted octanol–water partition coefficient (Wildman–Crippen LogP) is 2.37. The molecular formula is C13H13NO2. The van der Waals surface area contributed by atoms with Crippen LogP contribution in [0.5, 0.6) is 0 Å². The molecule has 3 heteroatoms. The summed E-state index contributed by atoms with van der Waals surface area (Å²) in [5.41, 5.74) is 2.35. The Hall–Kier alpha value is -1.77. The number of aryl methyl sites for hydroxylation is 1. The molecule has 1 aromatic heterocycles. The second kappa shape index (κ2) is 3.11. The number of hydrogen-bond acceptors (Lipinski definition) is 1. The standard InChI is InChI=1S/C13H13NO2/c1-14-5-4-9-6-8(2-3-12(9)14)10-7-11(10)13(15)16/h2-6,10-11H,7H2,1H3,(H,15,16)/t10-,11+/m0/s1. The summed E-state index contributed by atoms with van der Waals surface area (Å²) in [6.07, 6.45) is 2.81. The third kappa shape index (κ3) is 1.32. The third-order valence-corrected chi connectivity index (χ3v) is 3.45. The second-order valence-corrected chi connectivity index (χ2v) is 4.53. The van der Waals surface area contributed by atoms with Gasteiger partial charge in [-0.2, -0.15) is 0 Å². The lowest BCUT2D eigenvalue weighted by Gasteiger charge is -2.00. The fourth-order valence-electron chi connectivity index (χ4n) is 2.37. The van der Waals surface area contributed by atoms with Crippen LogP contribution < -0.4 is 0 Å². The van der Waals surface area contributed by atoms with Gasteiger partial charge in [0.05, 0.1) is 5.92 Å². The number of rotatable bonds is 2. The second-order valence-electron chi connectivity index (χ2n) is 4.53. The molecule has 0 saturated heterocycles. The normalized spacial score (nSPS) is 23.6. The number of carboxylic acid groups (broad SMARTS) is 1. The van der Waals surface area contributed by atoms with E-state index in [4.69, 9.17) is 5.11 Å². The van der Waals surface area contributed by atoms with Gasteiger partial charge >= 0.3 is 5.97 Å². The highest BCUT2D eigenvalue weighted by Gasteiger charge is 2.44. The molecule has 3 nitrogen and oxygen atoms in total. The van der Waals surface area contributed by atoms with E-state index in [0.29, 0.717) is 0 Å². The van der Waals surface area contributed by atoms with Gasteiger partial charge in [0.15, 0.2) is 0 Å². The maximum atomic E-state index is 10.8. The number of aromatic nitrogens is 1. The van der Waals surface area contributed by atoms with Gasteiger partial charge in [-0.1, -0.05) is 6.07 Å². The summed E-state index contributed by atoms with van der Waals surface area (Å²) in [6, 6.07) is 8.30. The SMILES string of the molecule is Cn1ccc2cc([C@@H]3C[C@H]3C(=O)O)ccc21. The molecule has 1 N–H and O–H groups in total. The molecule has 0 bridgehead atoms. The van der Waals surface area contributed by atoms with Crippen molar-refractivity contribution >= 4 is 16.9 Å². The van der Waals surface area contributed by atoms with Crippen LogP contribution in [-0.4, -0.2) is 15.6 Å². The van der Waals surface area contributed by atoms with Crippen LogP contribution in [0.3, 0.4) is 0 Å². The van der Waals surface area contributed by atoms with Gasteiger partial charge in [-0.25, -0.2) is 0 Å². The first-order chi connectivity index (χ1) is 7.66. The van der Waals surface area contributed by atoms with Crippen LogP contribution in [0, 0.1) is 5.92 Å². The molecule has 1 heterocycles. The summed E-state index contributed by atoms with van der Waals surface area (Å²) in [7, 11) is 2.01. The van der Waals surface area contributed by atoms with Gasteiger partial charge in [0, 0.05) is 18.8 Å². The average molecular weight is 215 g/mol. The molecule has 1 saturated carbocycles. The Morgan fingerprint density at radius 3 is 2.94 bits per heavy atom. The van der Waals surface area contributed by atoms with Crippen LogP contribution in [-0.2, 0) is 11.8 Å². The zero-order chi connectivity index (χ0) is 11.3. The van der Waals surface area contributed by atoms with Crippen molar-refractivity contribution in [1.82, 2.24) is 4.57 Å². The average Bonchev–Trinajstić information content (AvgIpc) is 2.99. The van der Waals surface area contributed by atoms with Gasteiger partial charge in [-0.15, -0.1) is 0 Å². The van der Waals surface area contributed by atoms with Crippen LogP contribution in [0.15, 0.2) is 30.5 Å². The molecule has 0 spiro atoms. The van der Waals surface area contributed by atoms with Crippen molar-refractivity contribution in [3.05, 3.63) is 36.0 Å². The number of hydrogen-bond donors (Lipinski definition) is 1. The summed E-state index contributed by atoms with van der Waals surface area (Å²) in [4.78, 5) is 10.8. The van der Waals surface area contributed by atoms with Crippen molar-refractivity contribution in [1.29, 1.82) is 0 Å². The van der Waals surface area contributed by atoms with Gasteiger partial charge < -0.3 is 9.67 Å². The number of aliphatic carboxylic acids is 1. The van der Waals surface area contributed by atoms with Crippen LogP contribution in [0.1, 0.15) is 17.9 Å². The molecule has 1 aromatic carbocycles. The van der Waals surface area contributed by atoms with Crippen LogP contribution in [0.4, 0.5) is 0 Å². The topological polar surface area (TPSA) is 42.2 Å². The first-order valence-electron chi connectivity index (χ1n) is 5.44. The Kier molecular flexibility index (Phi) is 1.84. The summed E-state index contributed by atoms with van der Waals surface area (Å²) in [5.74, 6) is -0.610. The molecule has 3 rings (SSSR count). The molecule has 82 valence electrons. The lowest BCUT2D eigenvalue weighted by Crippen LogP contribution is -1.98. The van der Waals surface area contributed by atoms with Crippen LogP contribution in [0.2, 0.25) is 0 Å². The minimum absolute atomic E-state index is 0.166. The van der Waals surface area contributed by atoms with E-state index in [9.17, 15) is 4.79 Å². The minimum atomic E-state index is -0.668. The van der Waals surface area contributed by atoms with E-state index in [2.05, 4.69) is 28.8 Å². The third-order valence-electron chi connectivity index (χ3n) is 3.45. The minimum Gasteiger partial charge on any atom is -0.481 e. The smallest absolute Gasteiger partial charge is 0.307 e. The van der Waals surface area contributed by atoms with Crippen molar-refractivity contribution in [2.24, 2.45) is 13.0 Å². The zero-order valence-electron chi connectivity index (χ0n) is 9.05. The molecule has 2 atom stereocenters. The molecule has 0 radical (unpaired) electrons. The van der Waals surface area contributed by atoms with E-state index in [-0.39, 0.29) is 11.8 Å². The highest BCUT2D eigenvalue weighted by molar-refractivity contribution is 5.82. The highest BCUT2D eigenvalue weighted by atomic mass is 16.4. The molecular weight excluding hydrogens is 202 g/mol. The molecule has 0 aliphatic heterocycles. The molecule has 1 aliphatic rings. The quantitative estimate of drug-likeness (QED) is 0.835. The Morgan fingerprint density at radius 2 is 2.25 bits per heavy atom. The van der Waals surface area contributed by atoms with Crippen molar-refractivity contribution < 1.29 is 9.90 Å². The van der Waals surface area contributed by atoms with Crippen molar-refractivity contribution in [2.45, 2.75) is 12.3 Å². The maximum absolute atomic E-state index is 10.8. The van der Waals surface area contributed by atoms with Gasteiger partial charge in [-0.3, -0.25) is 4.79 Å². The van der Waals surface area contributed by atoms with E-state index < -0.39 is 5.97 Å². The largest absolute Gasteiger partial charge is 0.481 e. The van der Waals surface area contributed by atoms with Gasteiger partial charge in [0.25, 0.3) is 0 Å². The Bertz CT molecular complexity index is 570. The lowest BCUT2D eigenvalue weighted by molar-refractivity contribution is -0.138. The number of carboxylic acids is 1. The fraction of sp³-hybridized carbons (Fsp3) is 0.308. The van der Waals surface area contributed by atoms with Crippen molar-refractivity contribution in [3.8, 4) is 0 Å². The summed E-state index contributed by atoms with van der Waals surface area (Å²) in [5, 5.41) is 10.1. The maximum Gasteiger partial charge on any atom is 0.307 e. The zero-order valence-corrected chi connectivity index (χ0v) is 9.05. The van der Waals surface area contributed by atoms with Crippen LogP contribution >= 0.6 is 0 Å². The van der Waals surface area contributed by atoms with Crippen molar-refractivity contribution in [2.75, 3.05) is 0 Å². The first-order valence-corrected chi connectivity index (χ1v) is 5.44. The highest BCUT2D eigenvalue weighted by Crippen LogP contribution is 2.47. The van der Waals surface area contributed by atoms with E-state index in [1.807, 2.05) is 13.2 Å². The fourth-order valence-corrected chi connectivity index (χ4v) is 2.37. The van der Waals surface area contributed by atoms with E-state index in [0.717, 1.165) is 12.0 Å². The first kappa shape index (κ1) is 9.46. The molecule has 16 heavy (non-hydrogen) atoms. The predicted molar refractivity (Wildman–Crippen MR) is 61.4 cm³/mol. The Balaban J connectivity index is 1.98. The molecule has 0 amide bonds. The molecule has 2 aromatic rings. The summed E-state index contributed by atoms with van der Waals surface area (Å²) < 4.78 is 2.07. The Labute approximate surface area is 93.3 Å². The number of nitrogens with zero attached hydrogens (tertiary/aromatic N) is 1.